The van der Waals surface area contributed by atoms with E-state index in [9.17, 15) is 9.59 Å². The number of amides is 2. The van der Waals surface area contributed by atoms with Gasteiger partial charge < -0.3 is 14.6 Å². The van der Waals surface area contributed by atoms with Crippen LogP contribution in [0.2, 0.25) is 0 Å². The minimum Gasteiger partial charge on any atom is -0.472 e. The molecule has 3 rings (SSSR count). The topological polar surface area (TPSA) is 62.6 Å². The number of likely N-dealkylation sites (tertiary alicyclic amines) is 1. The van der Waals surface area contributed by atoms with Crippen molar-refractivity contribution in [3.05, 3.63) is 59.0 Å². The third-order valence-corrected chi connectivity index (χ3v) is 4.73. The van der Waals surface area contributed by atoms with E-state index in [-0.39, 0.29) is 17.9 Å². The summed E-state index contributed by atoms with van der Waals surface area (Å²) in [6.45, 7) is 5.26. The first kappa shape index (κ1) is 16.3. The molecule has 1 saturated heterocycles. The van der Waals surface area contributed by atoms with Crippen LogP contribution in [0.25, 0.3) is 0 Å². The van der Waals surface area contributed by atoms with Crippen molar-refractivity contribution in [1.29, 1.82) is 0 Å². The molecule has 1 N–H and O–H groups in total. The zero-order valence-corrected chi connectivity index (χ0v) is 14.0. The van der Waals surface area contributed by atoms with Crippen molar-refractivity contribution in [2.24, 2.45) is 0 Å². The predicted octanol–water partition coefficient (Wildman–Crippen LogP) is 2.93. The normalized spacial score (nSPS) is 15.3. The highest BCUT2D eigenvalue weighted by Gasteiger charge is 2.25. The van der Waals surface area contributed by atoms with Crippen LogP contribution in [0.15, 0.2) is 41.2 Å². The Morgan fingerprint density at radius 3 is 2.58 bits per heavy atom. The summed E-state index contributed by atoms with van der Waals surface area (Å²) in [5, 5.41) is 3.10. The Morgan fingerprint density at radius 2 is 1.92 bits per heavy atom. The number of furan rings is 1. The Bertz CT molecular complexity index is 729. The first-order valence-corrected chi connectivity index (χ1v) is 8.25. The van der Waals surface area contributed by atoms with E-state index in [1.54, 1.807) is 6.07 Å². The molecule has 2 heterocycles. The number of carbonyl (C=O) groups excluding carboxylic acids is 2. The fourth-order valence-electron chi connectivity index (χ4n) is 3.06. The molecule has 2 amide bonds. The molecule has 1 aliphatic heterocycles. The van der Waals surface area contributed by atoms with E-state index >= 15 is 0 Å². The first-order valence-electron chi connectivity index (χ1n) is 8.25. The zero-order chi connectivity index (χ0) is 17.1. The van der Waals surface area contributed by atoms with E-state index in [0.29, 0.717) is 18.7 Å². The van der Waals surface area contributed by atoms with E-state index in [4.69, 9.17) is 4.42 Å². The molecule has 1 aliphatic rings. The average Bonchev–Trinajstić information content (AvgIpc) is 3.12. The lowest BCUT2D eigenvalue weighted by Gasteiger charge is -2.32. The van der Waals surface area contributed by atoms with Crippen LogP contribution in [-0.4, -0.2) is 35.8 Å². The van der Waals surface area contributed by atoms with Gasteiger partial charge in [-0.1, -0.05) is 12.1 Å². The maximum Gasteiger partial charge on any atom is 0.257 e. The van der Waals surface area contributed by atoms with Crippen LogP contribution in [0.3, 0.4) is 0 Å². The van der Waals surface area contributed by atoms with Crippen LogP contribution in [0.1, 0.15) is 44.7 Å². The molecule has 5 heteroatoms. The Balaban J connectivity index is 1.56. The molecule has 1 fully saturated rings. The van der Waals surface area contributed by atoms with Gasteiger partial charge in [-0.05, 0) is 49.9 Å². The number of hydrogen-bond donors (Lipinski definition) is 1. The summed E-state index contributed by atoms with van der Waals surface area (Å²) < 4.78 is 4.97. The molecule has 0 saturated carbocycles. The highest BCUT2D eigenvalue weighted by atomic mass is 16.3. The van der Waals surface area contributed by atoms with Crippen molar-refractivity contribution in [3.8, 4) is 0 Å². The lowest BCUT2D eigenvalue weighted by Crippen LogP contribution is -2.46. The lowest BCUT2D eigenvalue weighted by atomic mass is 10.0. The van der Waals surface area contributed by atoms with Crippen LogP contribution in [0.5, 0.6) is 0 Å². The molecular formula is C19H22N2O3. The van der Waals surface area contributed by atoms with Crippen molar-refractivity contribution in [3.63, 3.8) is 0 Å². The Kier molecular flexibility index (Phi) is 4.69. The highest BCUT2D eigenvalue weighted by molar-refractivity contribution is 5.96. The van der Waals surface area contributed by atoms with E-state index in [1.165, 1.54) is 12.5 Å². The van der Waals surface area contributed by atoms with Gasteiger partial charge in [0.1, 0.15) is 6.26 Å². The molecule has 0 spiro atoms. The summed E-state index contributed by atoms with van der Waals surface area (Å²) in [5.74, 6) is -0.0427. The summed E-state index contributed by atoms with van der Waals surface area (Å²) >= 11 is 0. The van der Waals surface area contributed by atoms with Crippen molar-refractivity contribution >= 4 is 11.8 Å². The van der Waals surface area contributed by atoms with Crippen LogP contribution >= 0.6 is 0 Å². The summed E-state index contributed by atoms with van der Waals surface area (Å²) in [5.41, 5.74) is 3.44. The van der Waals surface area contributed by atoms with Gasteiger partial charge in [0.2, 0.25) is 0 Å². The third kappa shape index (κ3) is 3.35. The number of benzene rings is 1. The van der Waals surface area contributed by atoms with Crippen LogP contribution in [0.4, 0.5) is 0 Å². The van der Waals surface area contributed by atoms with E-state index in [0.717, 1.165) is 29.5 Å². The van der Waals surface area contributed by atoms with E-state index in [2.05, 4.69) is 5.32 Å². The quantitative estimate of drug-likeness (QED) is 0.943. The van der Waals surface area contributed by atoms with Crippen molar-refractivity contribution in [2.75, 3.05) is 13.1 Å². The predicted molar refractivity (Wildman–Crippen MR) is 91.0 cm³/mol. The molecular weight excluding hydrogens is 304 g/mol. The summed E-state index contributed by atoms with van der Waals surface area (Å²) in [7, 11) is 0. The maximum atomic E-state index is 12.5. The van der Waals surface area contributed by atoms with Gasteiger partial charge in [-0.25, -0.2) is 0 Å². The Morgan fingerprint density at radius 1 is 1.17 bits per heavy atom. The highest BCUT2D eigenvalue weighted by Crippen LogP contribution is 2.17. The summed E-state index contributed by atoms with van der Waals surface area (Å²) in [6.07, 6.45) is 4.50. The maximum absolute atomic E-state index is 12.5. The second-order valence-corrected chi connectivity index (χ2v) is 6.30. The second-order valence-electron chi connectivity index (χ2n) is 6.30. The first-order chi connectivity index (χ1) is 11.6. The zero-order valence-electron chi connectivity index (χ0n) is 14.0. The van der Waals surface area contributed by atoms with Crippen LogP contribution in [0, 0.1) is 13.8 Å². The van der Waals surface area contributed by atoms with Gasteiger partial charge in [-0.3, -0.25) is 9.59 Å². The van der Waals surface area contributed by atoms with Gasteiger partial charge in [0.05, 0.1) is 11.8 Å². The minimum atomic E-state index is -0.0317. The number of carbonyl (C=O) groups is 2. The third-order valence-electron chi connectivity index (χ3n) is 4.73. The molecule has 0 atom stereocenters. The second kappa shape index (κ2) is 6.91. The molecule has 0 bridgehead atoms. The number of nitrogens with zero attached hydrogens (tertiary/aromatic N) is 1. The smallest absolute Gasteiger partial charge is 0.257 e. The average molecular weight is 326 g/mol. The van der Waals surface area contributed by atoms with Gasteiger partial charge in [0.25, 0.3) is 11.8 Å². The molecule has 1 aromatic carbocycles. The number of hydrogen-bond acceptors (Lipinski definition) is 3. The standard InChI is InChI=1S/C19H22N2O3/c1-13-4-3-5-17(14(13)2)18(22)20-16-6-9-21(10-7-16)19(23)15-8-11-24-12-15/h3-5,8,11-12,16H,6-7,9-10H2,1-2H3,(H,20,22). The van der Waals surface area contributed by atoms with Gasteiger partial charge in [0.15, 0.2) is 0 Å². The molecule has 24 heavy (non-hydrogen) atoms. The summed E-state index contributed by atoms with van der Waals surface area (Å²) in [4.78, 5) is 26.6. The number of aryl methyl sites for hydroxylation is 1. The van der Waals surface area contributed by atoms with Gasteiger partial charge >= 0.3 is 0 Å². The molecule has 126 valence electrons. The van der Waals surface area contributed by atoms with Gasteiger partial charge in [-0.2, -0.15) is 0 Å². The number of rotatable bonds is 3. The molecule has 5 nitrogen and oxygen atoms in total. The van der Waals surface area contributed by atoms with Gasteiger partial charge in [-0.15, -0.1) is 0 Å². The van der Waals surface area contributed by atoms with E-state index in [1.807, 2.05) is 36.9 Å². The number of nitrogens with one attached hydrogen (secondary N) is 1. The van der Waals surface area contributed by atoms with Gasteiger partial charge in [0, 0.05) is 24.7 Å². The molecule has 0 unspecified atom stereocenters. The Hall–Kier alpha value is -2.56. The van der Waals surface area contributed by atoms with Crippen molar-refractivity contribution < 1.29 is 14.0 Å². The van der Waals surface area contributed by atoms with E-state index < -0.39 is 0 Å². The Labute approximate surface area is 141 Å². The largest absolute Gasteiger partial charge is 0.472 e. The van der Waals surface area contributed by atoms with Crippen molar-refractivity contribution in [2.45, 2.75) is 32.7 Å². The van der Waals surface area contributed by atoms with Crippen LogP contribution in [-0.2, 0) is 0 Å². The molecule has 0 radical (unpaired) electrons. The number of piperidine rings is 1. The lowest BCUT2D eigenvalue weighted by molar-refractivity contribution is 0.0697. The monoisotopic (exact) mass is 326 g/mol. The molecule has 1 aromatic heterocycles. The molecule has 0 aliphatic carbocycles. The van der Waals surface area contributed by atoms with Crippen LogP contribution < -0.4 is 5.32 Å². The fraction of sp³-hybridized carbons (Fsp3) is 0.368. The fourth-order valence-corrected chi connectivity index (χ4v) is 3.06. The van der Waals surface area contributed by atoms with Crippen molar-refractivity contribution in [1.82, 2.24) is 10.2 Å². The minimum absolute atomic E-state index is 0.0111. The summed E-state index contributed by atoms with van der Waals surface area (Å²) in [6, 6.07) is 7.55. The molecule has 2 aromatic rings. The SMILES string of the molecule is Cc1cccc(C(=O)NC2CCN(C(=O)c3ccoc3)CC2)c1C.